The summed E-state index contributed by atoms with van der Waals surface area (Å²) in [5, 5.41) is 0. The molecule has 4 rings (SSSR count). The summed E-state index contributed by atoms with van der Waals surface area (Å²) in [6.07, 6.45) is 6.94. The number of hydrogen-bond donors (Lipinski definition) is 0. The van der Waals surface area contributed by atoms with Crippen molar-refractivity contribution in [3.05, 3.63) is 0 Å². The molecule has 0 radical (unpaired) electrons. The minimum absolute atomic E-state index is 0.0363. The van der Waals surface area contributed by atoms with E-state index in [4.69, 9.17) is 8.37 Å². The first-order valence-electron chi connectivity index (χ1n) is 11.5. The van der Waals surface area contributed by atoms with Crippen LogP contribution >= 0.6 is 0 Å². The highest BCUT2D eigenvalue weighted by molar-refractivity contribution is 7.81. The summed E-state index contributed by atoms with van der Waals surface area (Å²) < 4.78 is 76.3. The molecule has 4 aliphatic rings. The van der Waals surface area contributed by atoms with Crippen LogP contribution in [-0.2, 0) is 29.2 Å². The second-order valence-corrected chi connectivity index (χ2v) is 13.0. The summed E-state index contributed by atoms with van der Waals surface area (Å²) in [5.74, 6) is 1.96. The average molecular weight is 479 g/mol. The minimum Gasteiger partial charge on any atom is -0.726 e. The molecule has 9 atom stereocenters. The van der Waals surface area contributed by atoms with Crippen LogP contribution in [0.4, 0.5) is 0 Å². The van der Waals surface area contributed by atoms with E-state index in [1.165, 1.54) is 0 Å². The van der Waals surface area contributed by atoms with Crippen LogP contribution in [-0.4, -0.2) is 38.1 Å². The van der Waals surface area contributed by atoms with E-state index in [-0.39, 0.29) is 16.7 Å². The van der Waals surface area contributed by atoms with Crippen molar-refractivity contribution < 1.29 is 34.3 Å². The van der Waals surface area contributed by atoms with E-state index in [0.29, 0.717) is 36.5 Å². The molecule has 31 heavy (non-hydrogen) atoms. The topological polar surface area (TPSA) is 133 Å². The second-order valence-electron chi connectivity index (χ2n) is 11.0. The van der Waals surface area contributed by atoms with Gasteiger partial charge in [0.2, 0.25) is 20.8 Å². The molecule has 4 aliphatic carbocycles. The Kier molecular flexibility index (Phi) is 6.09. The lowest BCUT2D eigenvalue weighted by atomic mass is 9.44. The Bertz CT molecular complexity index is 902. The highest BCUT2D eigenvalue weighted by Crippen LogP contribution is 2.68. The smallest absolute Gasteiger partial charge is 0.217 e. The van der Waals surface area contributed by atoms with Crippen LogP contribution < -0.4 is 0 Å². The summed E-state index contributed by atoms with van der Waals surface area (Å²) >= 11 is 0. The van der Waals surface area contributed by atoms with E-state index >= 15 is 0 Å². The zero-order chi connectivity index (χ0) is 22.8. The third-order valence-electron chi connectivity index (χ3n) is 9.78. The van der Waals surface area contributed by atoms with Crippen LogP contribution in [0.3, 0.4) is 0 Å². The summed E-state index contributed by atoms with van der Waals surface area (Å²) in [6.45, 7) is 6.30. The molecule has 4 saturated carbocycles. The van der Waals surface area contributed by atoms with Crippen molar-refractivity contribution in [3.63, 3.8) is 0 Å². The molecule has 4 fully saturated rings. The van der Waals surface area contributed by atoms with E-state index in [2.05, 4.69) is 13.8 Å². The quantitative estimate of drug-likeness (QED) is 0.434. The third kappa shape index (κ3) is 4.45. The number of hydrogen-bond acceptors (Lipinski definition) is 8. The Morgan fingerprint density at radius 3 is 2.13 bits per heavy atom. The van der Waals surface area contributed by atoms with Crippen molar-refractivity contribution in [2.24, 2.45) is 40.4 Å². The zero-order valence-corrected chi connectivity index (χ0v) is 20.1. The van der Waals surface area contributed by atoms with Crippen molar-refractivity contribution >= 4 is 20.8 Å². The summed E-state index contributed by atoms with van der Waals surface area (Å²) in [4.78, 5) is 0. The van der Waals surface area contributed by atoms with Crippen molar-refractivity contribution in [1.82, 2.24) is 0 Å². The molecule has 0 aromatic carbocycles. The van der Waals surface area contributed by atoms with E-state index in [1.54, 1.807) is 6.92 Å². The first kappa shape index (κ1) is 23.9. The maximum Gasteiger partial charge on any atom is 0.217 e. The van der Waals surface area contributed by atoms with Gasteiger partial charge in [0.05, 0.1) is 12.2 Å². The lowest BCUT2D eigenvalue weighted by Crippen LogP contribution is -2.54. The summed E-state index contributed by atoms with van der Waals surface area (Å²) in [5.41, 5.74) is 0.0702. The fourth-order valence-electron chi connectivity index (χ4n) is 8.54. The Morgan fingerprint density at radius 1 is 0.839 bits per heavy atom. The molecule has 8 nitrogen and oxygen atoms in total. The fraction of sp³-hybridized carbons (Fsp3) is 1.00. The van der Waals surface area contributed by atoms with Gasteiger partial charge in [-0.25, -0.2) is 16.8 Å². The van der Waals surface area contributed by atoms with Crippen molar-refractivity contribution in [3.8, 4) is 0 Å². The standard InChI is InChI=1S/C21H36O8S2/c1-13(28-30(22,23)24)17-6-7-18-16-5-4-14-12-15(29-31(25,26)27)8-10-20(14,2)19(16)9-11-21(17,18)3/h13-19H,4-12H2,1-3H3,(H,22,23,24)(H,25,26,27)/p-2/t13-,14+,15?,16+,17-,18+,19+,20+,21-/m1/s1. The molecule has 1 unspecified atom stereocenters. The van der Waals surface area contributed by atoms with Gasteiger partial charge < -0.3 is 9.11 Å². The molecule has 0 amide bonds. The van der Waals surface area contributed by atoms with Gasteiger partial charge in [0, 0.05) is 0 Å². The maximum absolute atomic E-state index is 11.2. The average Bonchev–Trinajstić information content (AvgIpc) is 2.97. The fourth-order valence-corrected chi connectivity index (χ4v) is 9.55. The largest absolute Gasteiger partial charge is 0.726 e. The van der Waals surface area contributed by atoms with Gasteiger partial charge in [-0.15, -0.1) is 0 Å². The first-order valence-corrected chi connectivity index (χ1v) is 14.2. The molecule has 0 aliphatic heterocycles. The zero-order valence-electron chi connectivity index (χ0n) is 18.5. The minimum atomic E-state index is -4.72. The van der Waals surface area contributed by atoms with E-state index in [9.17, 15) is 25.9 Å². The van der Waals surface area contributed by atoms with Gasteiger partial charge in [0.1, 0.15) is 0 Å². The Morgan fingerprint density at radius 2 is 1.48 bits per heavy atom. The van der Waals surface area contributed by atoms with Gasteiger partial charge in [-0.2, -0.15) is 0 Å². The lowest BCUT2D eigenvalue weighted by Gasteiger charge is -2.61. The molecule has 0 N–H and O–H groups in total. The van der Waals surface area contributed by atoms with E-state index < -0.39 is 33.0 Å². The van der Waals surface area contributed by atoms with Crippen LogP contribution in [0.15, 0.2) is 0 Å². The third-order valence-corrected chi connectivity index (χ3v) is 10.8. The Hall–Kier alpha value is -0.260. The number of fused-ring (bicyclic) bond motifs is 5. The maximum atomic E-state index is 11.2. The number of rotatable bonds is 5. The van der Waals surface area contributed by atoms with Crippen LogP contribution in [0.25, 0.3) is 0 Å². The molecule has 10 heteroatoms. The summed E-state index contributed by atoms with van der Waals surface area (Å²) in [7, 11) is -9.40. The van der Waals surface area contributed by atoms with Crippen molar-refractivity contribution in [2.75, 3.05) is 0 Å². The molecule has 0 saturated heterocycles. The Balaban J connectivity index is 1.50. The normalized spacial score (nSPS) is 46.6. The lowest BCUT2D eigenvalue weighted by molar-refractivity contribution is -0.129. The first-order chi connectivity index (χ1) is 14.2. The van der Waals surface area contributed by atoms with Crippen LogP contribution in [0.5, 0.6) is 0 Å². The molecule has 0 bridgehead atoms. The van der Waals surface area contributed by atoms with Crippen molar-refractivity contribution in [1.29, 1.82) is 0 Å². The van der Waals surface area contributed by atoms with Gasteiger partial charge in [0.15, 0.2) is 0 Å². The molecule has 180 valence electrons. The van der Waals surface area contributed by atoms with Crippen LogP contribution in [0.2, 0.25) is 0 Å². The molecule has 0 heterocycles. The molecule has 0 spiro atoms. The van der Waals surface area contributed by atoms with Crippen LogP contribution in [0, 0.1) is 40.4 Å². The van der Waals surface area contributed by atoms with E-state index in [1.807, 2.05) is 0 Å². The van der Waals surface area contributed by atoms with E-state index in [0.717, 1.165) is 44.9 Å². The van der Waals surface area contributed by atoms with Gasteiger partial charge in [-0.05, 0) is 105 Å². The van der Waals surface area contributed by atoms with Gasteiger partial charge >= 0.3 is 0 Å². The highest BCUT2D eigenvalue weighted by Gasteiger charge is 2.61. The van der Waals surface area contributed by atoms with Crippen molar-refractivity contribution in [2.45, 2.75) is 90.8 Å². The second kappa shape index (κ2) is 7.91. The molecular formula is C21H34O8S2-2. The van der Waals surface area contributed by atoms with Crippen LogP contribution in [0.1, 0.15) is 78.6 Å². The highest BCUT2D eigenvalue weighted by atomic mass is 32.3. The van der Waals surface area contributed by atoms with Gasteiger partial charge in [0.25, 0.3) is 0 Å². The predicted octanol–water partition coefficient (Wildman–Crippen LogP) is 3.36. The molecule has 0 aromatic rings. The molecule has 0 aromatic heterocycles. The monoisotopic (exact) mass is 478 g/mol. The SMILES string of the molecule is C[C@@H](OS(=O)(=O)[O-])[C@H]1CC[C@H]2[C@@H]3CC[C@H]4CC(OS(=O)(=O)[O-])CC[C@]4(C)[C@H]3CC[C@]12C. The van der Waals surface area contributed by atoms with Gasteiger partial charge in [-0.3, -0.25) is 8.37 Å². The predicted molar refractivity (Wildman–Crippen MR) is 110 cm³/mol. The Labute approximate surface area is 186 Å². The van der Waals surface area contributed by atoms with Gasteiger partial charge in [-0.1, -0.05) is 13.8 Å². The summed E-state index contributed by atoms with van der Waals surface area (Å²) in [6, 6.07) is 0. The molecular weight excluding hydrogens is 444 g/mol.